The summed E-state index contributed by atoms with van der Waals surface area (Å²) < 4.78 is 5.64. The Morgan fingerprint density at radius 1 is 1.00 bits per heavy atom. The van der Waals surface area contributed by atoms with Gasteiger partial charge in [0.05, 0.1) is 0 Å². The zero-order valence-electron chi connectivity index (χ0n) is 18.1. The highest BCUT2D eigenvalue weighted by Gasteiger charge is 2.43. The Hall–Kier alpha value is -2.08. The number of ether oxygens (including phenoxy) is 1. The van der Waals surface area contributed by atoms with E-state index in [1.54, 1.807) is 0 Å². The lowest BCUT2D eigenvalue weighted by Gasteiger charge is -2.43. The Morgan fingerprint density at radius 2 is 1.62 bits per heavy atom. The second-order valence-electron chi connectivity index (χ2n) is 9.28. The molecule has 0 radical (unpaired) electrons. The Bertz CT molecular complexity index is 685. The van der Waals surface area contributed by atoms with Gasteiger partial charge in [-0.15, -0.1) is 0 Å². The molecule has 1 aliphatic heterocycles. The molecule has 6 heteroatoms. The highest BCUT2D eigenvalue weighted by molar-refractivity contribution is 5.87. The minimum Gasteiger partial charge on any atom is -0.459 e. The van der Waals surface area contributed by atoms with E-state index in [4.69, 9.17) is 4.74 Å². The standard InChI is InChI=1S/C23H35N3O3/c1-22(2,3)26-16-14-25(15-17-26)21(28)24-23(12-8-5-9-13-23)20(27)29-18-19-10-6-4-7-11-19/h4,6-7,10-11H,5,8-9,12-18H2,1-3H3,(H,24,28). The Balaban J connectivity index is 1.61. The third-order valence-corrected chi connectivity index (χ3v) is 6.17. The number of benzene rings is 1. The predicted molar refractivity (Wildman–Crippen MR) is 113 cm³/mol. The van der Waals surface area contributed by atoms with E-state index in [0.717, 1.165) is 37.9 Å². The molecule has 2 aliphatic rings. The van der Waals surface area contributed by atoms with Gasteiger partial charge >= 0.3 is 12.0 Å². The molecule has 1 saturated carbocycles. The van der Waals surface area contributed by atoms with E-state index >= 15 is 0 Å². The van der Waals surface area contributed by atoms with Crippen molar-refractivity contribution in [3.8, 4) is 0 Å². The van der Waals surface area contributed by atoms with Crippen molar-refractivity contribution in [2.24, 2.45) is 0 Å². The zero-order valence-corrected chi connectivity index (χ0v) is 18.1. The van der Waals surface area contributed by atoms with E-state index in [-0.39, 0.29) is 24.1 Å². The Morgan fingerprint density at radius 3 is 2.21 bits per heavy atom. The van der Waals surface area contributed by atoms with Crippen molar-refractivity contribution in [3.63, 3.8) is 0 Å². The van der Waals surface area contributed by atoms with Crippen molar-refractivity contribution in [3.05, 3.63) is 35.9 Å². The first kappa shape index (κ1) is 21.6. The molecule has 2 amide bonds. The van der Waals surface area contributed by atoms with Crippen LogP contribution in [0.2, 0.25) is 0 Å². The molecule has 1 saturated heterocycles. The molecule has 6 nitrogen and oxygen atoms in total. The molecule has 1 heterocycles. The molecule has 0 atom stereocenters. The van der Waals surface area contributed by atoms with Gasteiger partial charge in [-0.05, 0) is 39.2 Å². The van der Waals surface area contributed by atoms with Gasteiger partial charge in [0.2, 0.25) is 0 Å². The molecule has 1 aliphatic carbocycles. The van der Waals surface area contributed by atoms with Gasteiger partial charge in [0, 0.05) is 31.7 Å². The minimum atomic E-state index is -0.898. The second-order valence-corrected chi connectivity index (χ2v) is 9.28. The molecular weight excluding hydrogens is 366 g/mol. The molecule has 2 fully saturated rings. The van der Waals surface area contributed by atoms with Gasteiger partial charge < -0.3 is 15.0 Å². The number of urea groups is 1. The van der Waals surface area contributed by atoms with Crippen LogP contribution in [0.5, 0.6) is 0 Å². The molecule has 160 valence electrons. The van der Waals surface area contributed by atoms with E-state index in [1.807, 2.05) is 35.2 Å². The highest BCUT2D eigenvalue weighted by atomic mass is 16.5. The summed E-state index contributed by atoms with van der Waals surface area (Å²) in [4.78, 5) is 30.3. The minimum absolute atomic E-state index is 0.106. The number of hydrogen-bond acceptors (Lipinski definition) is 4. The molecule has 29 heavy (non-hydrogen) atoms. The fraction of sp³-hybridized carbons (Fsp3) is 0.652. The maximum absolute atomic E-state index is 13.0. The van der Waals surface area contributed by atoms with Crippen LogP contribution in [-0.2, 0) is 16.1 Å². The number of hydrogen-bond donors (Lipinski definition) is 1. The molecule has 3 rings (SSSR count). The first-order valence-corrected chi connectivity index (χ1v) is 10.8. The average molecular weight is 402 g/mol. The summed E-state index contributed by atoms with van der Waals surface area (Å²) in [5, 5.41) is 3.09. The van der Waals surface area contributed by atoms with E-state index in [1.165, 1.54) is 0 Å². The van der Waals surface area contributed by atoms with Crippen LogP contribution in [0, 0.1) is 0 Å². The fourth-order valence-electron chi connectivity index (χ4n) is 4.26. The number of rotatable bonds is 4. The lowest BCUT2D eigenvalue weighted by molar-refractivity contribution is -0.154. The van der Waals surface area contributed by atoms with Crippen LogP contribution < -0.4 is 5.32 Å². The summed E-state index contributed by atoms with van der Waals surface area (Å²) in [7, 11) is 0. The molecule has 0 aromatic heterocycles. The van der Waals surface area contributed by atoms with E-state index < -0.39 is 5.54 Å². The predicted octanol–water partition coefficient (Wildman–Crippen LogP) is 3.56. The molecule has 1 aromatic rings. The van der Waals surface area contributed by atoms with Crippen LogP contribution in [0.25, 0.3) is 0 Å². The molecule has 1 N–H and O–H groups in total. The van der Waals surface area contributed by atoms with Crippen LogP contribution in [0.3, 0.4) is 0 Å². The number of nitrogens with zero attached hydrogens (tertiary/aromatic N) is 2. The van der Waals surface area contributed by atoms with Gasteiger partial charge in [0.15, 0.2) is 0 Å². The SMILES string of the molecule is CC(C)(C)N1CCN(C(=O)NC2(C(=O)OCc3ccccc3)CCCCC2)CC1. The highest BCUT2D eigenvalue weighted by Crippen LogP contribution is 2.30. The van der Waals surface area contributed by atoms with Crippen molar-refractivity contribution < 1.29 is 14.3 Å². The largest absolute Gasteiger partial charge is 0.459 e. The Kier molecular flexibility index (Phi) is 6.83. The van der Waals surface area contributed by atoms with Gasteiger partial charge in [-0.2, -0.15) is 0 Å². The molecule has 0 bridgehead atoms. The van der Waals surface area contributed by atoms with Crippen molar-refractivity contribution in [1.82, 2.24) is 15.1 Å². The Labute approximate surface area is 174 Å². The van der Waals surface area contributed by atoms with Crippen molar-refractivity contribution in [2.75, 3.05) is 26.2 Å². The van der Waals surface area contributed by atoms with Gasteiger partial charge in [-0.1, -0.05) is 49.6 Å². The summed E-state index contributed by atoms with van der Waals surface area (Å²) in [6.07, 6.45) is 4.24. The van der Waals surface area contributed by atoms with E-state index in [0.29, 0.717) is 25.9 Å². The van der Waals surface area contributed by atoms with Crippen LogP contribution in [0.1, 0.15) is 58.4 Å². The molecule has 0 spiro atoms. The van der Waals surface area contributed by atoms with E-state index in [9.17, 15) is 9.59 Å². The first-order chi connectivity index (χ1) is 13.8. The maximum atomic E-state index is 13.0. The molecule has 0 unspecified atom stereocenters. The second kappa shape index (κ2) is 9.16. The first-order valence-electron chi connectivity index (χ1n) is 10.8. The number of carbonyl (C=O) groups excluding carboxylic acids is 2. The zero-order chi connectivity index (χ0) is 20.9. The lowest BCUT2D eigenvalue weighted by atomic mass is 9.81. The summed E-state index contributed by atoms with van der Waals surface area (Å²) in [5.74, 6) is -0.303. The van der Waals surface area contributed by atoms with Gasteiger partial charge in [-0.3, -0.25) is 4.90 Å². The summed E-state index contributed by atoms with van der Waals surface area (Å²) >= 11 is 0. The van der Waals surface area contributed by atoms with Crippen molar-refractivity contribution in [2.45, 2.75) is 70.6 Å². The molecular formula is C23H35N3O3. The summed E-state index contributed by atoms with van der Waals surface area (Å²) in [5.41, 5.74) is 0.163. The van der Waals surface area contributed by atoms with Crippen molar-refractivity contribution >= 4 is 12.0 Å². The number of esters is 1. The number of amides is 2. The number of piperazine rings is 1. The lowest BCUT2D eigenvalue weighted by Crippen LogP contribution is -2.62. The van der Waals surface area contributed by atoms with Gasteiger partial charge in [0.25, 0.3) is 0 Å². The number of carbonyl (C=O) groups is 2. The van der Waals surface area contributed by atoms with Crippen LogP contribution in [-0.4, -0.2) is 59.1 Å². The monoisotopic (exact) mass is 401 g/mol. The quantitative estimate of drug-likeness (QED) is 0.784. The van der Waals surface area contributed by atoms with E-state index in [2.05, 4.69) is 31.0 Å². The van der Waals surface area contributed by atoms with Crippen LogP contribution in [0.4, 0.5) is 4.79 Å². The van der Waals surface area contributed by atoms with Crippen LogP contribution in [0.15, 0.2) is 30.3 Å². The maximum Gasteiger partial charge on any atom is 0.332 e. The third-order valence-electron chi connectivity index (χ3n) is 6.17. The molecule has 1 aromatic carbocycles. The average Bonchev–Trinajstić information content (AvgIpc) is 2.73. The summed E-state index contributed by atoms with van der Waals surface area (Å²) in [6.45, 7) is 9.89. The topological polar surface area (TPSA) is 61.9 Å². The van der Waals surface area contributed by atoms with Gasteiger partial charge in [-0.25, -0.2) is 9.59 Å². The fourth-order valence-corrected chi connectivity index (χ4v) is 4.26. The normalized spacial score (nSPS) is 20.2. The van der Waals surface area contributed by atoms with Crippen LogP contribution >= 0.6 is 0 Å². The third kappa shape index (κ3) is 5.50. The van der Waals surface area contributed by atoms with Gasteiger partial charge in [0.1, 0.15) is 12.1 Å². The smallest absolute Gasteiger partial charge is 0.332 e. The van der Waals surface area contributed by atoms with Crippen molar-refractivity contribution in [1.29, 1.82) is 0 Å². The summed E-state index contributed by atoms with van der Waals surface area (Å²) in [6, 6.07) is 9.53. The number of nitrogens with one attached hydrogen (secondary N) is 1.